The molecule has 0 radical (unpaired) electrons. The van der Waals surface area contributed by atoms with Crippen molar-refractivity contribution < 1.29 is 22.7 Å². The van der Waals surface area contributed by atoms with Gasteiger partial charge in [0.15, 0.2) is 0 Å². The summed E-state index contributed by atoms with van der Waals surface area (Å²) >= 11 is 0. The first-order valence-corrected chi connectivity index (χ1v) is 6.66. The molecule has 1 aromatic rings. The molecule has 1 atom stereocenters. The molecule has 0 bridgehead atoms. The van der Waals surface area contributed by atoms with Gasteiger partial charge in [0.2, 0.25) is 5.91 Å². The highest BCUT2D eigenvalue weighted by molar-refractivity contribution is 5.92. The topological polar surface area (TPSA) is 50.4 Å². The van der Waals surface area contributed by atoms with Gasteiger partial charge in [-0.2, -0.15) is 13.2 Å². The summed E-state index contributed by atoms with van der Waals surface area (Å²) < 4.78 is 43.8. The molecule has 1 aliphatic rings. The predicted molar refractivity (Wildman–Crippen MR) is 72.2 cm³/mol. The predicted octanol–water partition coefficient (Wildman–Crippen LogP) is 2.65. The Kier molecular flexibility index (Phi) is 4.72. The van der Waals surface area contributed by atoms with E-state index in [1.807, 2.05) is 0 Å². The lowest BCUT2D eigenvalue weighted by Gasteiger charge is -2.16. The number of methoxy groups -OCH3 is 1. The summed E-state index contributed by atoms with van der Waals surface area (Å²) in [5.74, 6) is -0.128. The number of hydrogen-bond donors (Lipinski definition) is 2. The Morgan fingerprint density at radius 3 is 2.81 bits per heavy atom. The normalized spacial score (nSPS) is 18.6. The Morgan fingerprint density at radius 1 is 1.48 bits per heavy atom. The highest BCUT2D eigenvalue weighted by atomic mass is 19.4. The van der Waals surface area contributed by atoms with Crippen LogP contribution in [-0.4, -0.2) is 26.1 Å². The van der Waals surface area contributed by atoms with Crippen LogP contribution in [-0.2, 0) is 11.0 Å². The second kappa shape index (κ2) is 6.34. The third-order valence-electron chi connectivity index (χ3n) is 3.44. The van der Waals surface area contributed by atoms with E-state index in [-0.39, 0.29) is 23.8 Å². The first kappa shape index (κ1) is 15.6. The summed E-state index contributed by atoms with van der Waals surface area (Å²) in [7, 11) is 1.29. The van der Waals surface area contributed by atoms with Gasteiger partial charge < -0.3 is 15.4 Å². The fraction of sp³-hybridized carbons (Fsp3) is 0.500. The van der Waals surface area contributed by atoms with Gasteiger partial charge in [-0.25, -0.2) is 0 Å². The number of hydrogen-bond acceptors (Lipinski definition) is 3. The number of rotatable bonds is 4. The van der Waals surface area contributed by atoms with Gasteiger partial charge in [-0.3, -0.25) is 4.79 Å². The van der Waals surface area contributed by atoms with Crippen molar-refractivity contribution in [2.24, 2.45) is 5.92 Å². The van der Waals surface area contributed by atoms with Gasteiger partial charge in [-0.15, -0.1) is 0 Å². The molecule has 4 nitrogen and oxygen atoms in total. The monoisotopic (exact) mass is 302 g/mol. The van der Waals surface area contributed by atoms with E-state index in [0.29, 0.717) is 0 Å². The average molecular weight is 302 g/mol. The number of halogens is 3. The number of carbonyl (C=O) groups excluding carboxylic acids is 1. The van der Waals surface area contributed by atoms with E-state index in [1.165, 1.54) is 19.2 Å². The third kappa shape index (κ3) is 4.10. The Hall–Kier alpha value is -1.76. The molecular weight excluding hydrogens is 285 g/mol. The maximum absolute atomic E-state index is 13.0. The summed E-state index contributed by atoms with van der Waals surface area (Å²) in [4.78, 5) is 11.9. The molecule has 7 heteroatoms. The van der Waals surface area contributed by atoms with Crippen molar-refractivity contribution in [1.29, 1.82) is 0 Å². The second-order valence-corrected chi connectivity index (χ2v) is 5.02. The van der Waals surface area contributed by atoms with E-state index in [0.717, 1.165) is 25.6 Å². The Morgan fingerprint density at radius 2 is 2.24 bits per heavy atom. The summed E-state index contributed by atoms with van der Waals surface area (Å²) in [5.41, 5.74) is -1.14. The zero-order valence-electron chi connectivity index (χ0n) is 11.6. The SMILES string of the molecule is COc1ccc(NC(=O)CC2CCNC2)c(C(F)(F)F)c1. The van der Waals surface area contributed by atoms with Crippen LogP contribution in [0.3, 0.4) is 0 Å². The van der Waals surface area contributed by atoms with Gasteiger partial charge in [-0.1, -0.05) is 0 Å². The smallest absolute Gasteiger partial charge is 0.418 e. The van der Waals surface area contributed by atoms with E-state index in [4.69, 9.17) is 4.74 Å². The molecule has 0 aromatic heterocycles. The highest BCUT2D eigenvalue weighted by Gasteiger charge is 2.34. The summed E-state index contributed by atoms with van der Waals surface area (Å²) in [5, 5.41) is 5.47. The van der Waals surface area contributed by atoms with Crippen molar-refractivity contribution >= 4 is 11.6 Å². The molecule has 0 spiro atoms. The molecule has 1 fully saturated rings. The quantitative estimate of drug-likeness (QED) is 0.899. The summed E-state index contributed by atoms with van der Waals surface area (Å²) in [6, 6.07) is 3.49. The number of anilines is 1. The number of amides is 1. The molecule has 2 rings (SSSR count). The first-order chi connectivity index (χ1) is 9.90. The standard InChI is InChI=1S/C14H17F3N2O2/c1-21-10-2-3-12(11(7-10)14(15,16)17)19-13(20)6-9-4-5-18-8-9/h2-3,7,9,18H,4-6,8H2,1H3,(H,19,20). The van der Waals surface area contributed by atoms with Gasteiger partial charge in [0.1, 0.15) is 5.75 Å². The number of nitrogens with one attached hydrogen (secondary N) is 2. The highest BCUT2D eigenvalue weighted by Crippen LogP contribution is 2.37. The van der Waals surface area contributed by atoms with E-state index in [2.05, 4.69) is 10.6 Å². The Labute approximate surface area is 120 Å². The fourth-order valence-electron chi connectivity index (χ4n) is 2.35. The van der Waals surface area contributed by atoms with E-state index >= 15 is 0 Å². The lowest BCUT2D eigenvalue weighted by atomic mass is 10.0. The lowest BCUT2D eigenvalue weighted by Crippen LogP contribution is -2.20. The molecule has 116 valence electrons. The summed E-state index contributed by atoms with van der Waals surface area (Å²) in [6.07, 6.45) is -3.47. The molecule has 1 aromatic carbocycles. The maximum Gasteiger partial charge on any atom is 0.418 e. The molecule has 1 aliphatic heterocycles. The van der Waals surface area contributed by atoms with Gasteiger partial charge in [0.05, 0.1) is 18.4 Å². The average Bonchev–Trinajstić information content (AvgIpc) is 2.90. The van der Waals surface area contributed by atoms with Crippen LogP contribution < -0.4 is 15.4 Å². The third-order valence-corrected chi connectivity index (χ3v) is 3.44. The van der Waals surface area contributed by atoms with Crippen molar-refractivity contribution in [3.8, 4) is 5.75 Å². The number of ether oxygens (including phenoxy) is 1. The molecule has 21 heavy (non-hydrogen) atoms. The summed E-state index contributed by atoms with van der Waals surface area (Å²) in [6.45, 7) is 1.57. The van der Waals surface area contributed by atoms with Crippen LogP contribution >= 0.6 is 0 Å². The number of alkyl halides is 3. The van der Waals surface area contributed by atoms with Gasteiger partial charge in [0.25, 0.3) is 0 Å². The maximum atomic E-state index is 13.0. The van der Waals surface area contributed by atoms with Crippen LogP contribution in [0.2, 0.25) is 0 Å². The van der Waals surface area contributed by atoms with E-state index < -0.39 is 17.6 Å². The first-order valence-electron chi connectivity index (χ1n) is 6.66. The van der Waals surface area contributed by atoms with Crippen molar-refractivity contribution in [1.82, 2.24) is 5.32 Å². The lowest BCUT2D eigenvalue weighted by molar-refractivity contribution is -0.137. The zero-order chi connectivity index (χ0) is 15.5. The van der Waals surface area contributed by atoms with Crippen LogP contribution in [0.4, 0.5) is 18.9 Å². The van der Waals surface area contributed by atoms with Crippen molar-refractivity contribution in [2.45, 2.75) is 19.0 Å². The van der Waals surface area contributed by atoms with Gasteiger partial charge >= 0.3 is 6.18 Å². The largest absolute Gasteiger partial charge is 0.497 e. The van der Waals surface area contributed by atoms with Crippen LogP contribution in [0.1, 0.15) is 18.4 Å². The number of carbonyl (C=O) groups is 1. The minimum absolute atomic E-state index is 0.0975. The van der Waals surface area contributed by atoms with E-state index in [1.54, 1.807) is 0 Å². The molecule has 1 unspecified atom stereocenters. The fourth-order valence-corrected chi connectivity index (χ4v) is 2.35. The second-order valence-electron chi connectivity index (χ2n) is 5.02. The van der Waals surface area contributed by atoms with Crippen LogP contribution in [0.15, 0.2) is 18.2 Å². The Balaban J connectivity index is 2.12. The minimum Gasteiger partial charge on any atom is -0.497 e. The van der Waals surface area contributed by atoms with E-state index in [9.17, 15) is 18.0 Å². The molecule has 0 aliphatic carbocycles. The van der Waals surface area contributed by atoms with Crippen molar-refractivity contribution in [2.75, 3.05) is 25.5 Å². The minimum atomic E-state index is -4.55. The molecule has 2 N–H and O–H groups in total. The van der Waals surface area contributed by atoms with Crippen molar-refractivity contribution in [3.63, 3.8) is 0 Å². The molecule has 1 saturated heterocycles. The van der Waals surface area contributed by atoms with Crippen LogP contribution in [0.25, 0.3) is 0 Å². The van der Waals surface area contributed by atoms with Crippen molar-refractivity contribution in [3.05, 3.63) is 23.8 Å². The zero-order valence-corrected chi connectivity index (χ0v) is 11.6. The molecule has 1 amide bonds. The Bertz CT molecular complexity index is 511. The molecular formula is C14H17F3N2O2. The molecule has 0 saturated carbocycles. The van der Waals surface area contributed by atoms with Crippen LogP contribution in [0.5, 0.6) is 5.75 Å². The van der Waals surface area contributed by atoms with Gasteiger partial charge in [-0.05, 0) is 43.6 Å². The molecule has 1 heterocycles. The van der Waals surface area contributed by atoms with Crippen LogP contribution in [0, 0.1) is 5.92 Å². The number of benzene rings is 1. The van der Waals surface area contributed by atoms with Gasteiger partial charge in [0, 0.05) is 6.42 Å².